The van der Waals surface area contributed by atoms with Crippen molar-refractivity contribution in [2.75, 3.05) is 5.32 Å². The summed E-state index contributed by atoms with van der Waals surface area (Å²) in [4.78, 5) is 8.95. The normalized spacial score (nSPS) is 16.6. The van der Waals surface area contributed by atoms with E-state index in [1.165, 1.54) is 12.8 Å². The minimum Gasteiger partial charge on any atom is -0.364 e. The first-order valence-electron chi connectivity index (χ1n) is 6.22. The van der Waals surface area contributed by atoms with E-state index in [2.05, 4.69) is 27.3 Å². The van der Waals surface area contributed by atoms with Crippen molar-refractivity contribution in [3.8, 4) is 0 Å². The van der Waals surface area contributed by atoms with Gasteiger partial charge in [0.15, 0.2) is 0 Å². The van der Waals surface area contributed by atoms with Gasteiger partial charge in [-0.1, -0.05) is 6.92 Å². The van der Waals surface area contributed by atoms with Gasteiger partial charge in [0.25, 0.3) is 0 Å². The van der Waals surface area contributed by atoms with Gasteiger partial charge in [0.2, 0.25) is 0 Å². The maximum Gasteiger partial charge on any atom is 0.136 e. The van der Waals surface area contributed by atoms with E-state index in [1.54, 1.807) is 6.20 Å². The van der Waals surface area contributed by atoms with E-state index in [9.17, 15) is 0 Å². The van der Waals surface area contributed by atoms with Gasteiger partial charge in [-0.2, -0.15) is 5.10 Å². The second-order valence-electron chi connectivity index (χ2n) is 5.13. The maximum atomic E-state index is 4.58. The molecule has 0 bridgehead atoms. The highest BCUT2D eigenvalue weighted by molar-refractivity contribution is 5.35. The highest BCUT2D eigenvalue weighted by Gasteiger charge is 2.42. The number of anilines is 1. The van der Waals surface area contributed by atoms with Crippen LogP contribution >= 0.6 is 0 Å². The fourth-order valence-corrected chi connectivity index (χ4v) is 1.91. The van der Waals surface area contributed by atoms with Crippen LogP contribution < -0.4 is 5.32 Å². The molecule has 2 aromatic heterocycles. The highest BCUT2D eigenvalue weighted by atomic mass is 15.3. The number of rotatable bonds is 4. The molecular weight excluding hydrogens is 226 g/mol. The smallest absolute Gasteiger partial charge is 0.136 e. The largest absolute Gasteiger partial charge is 0.364 e. The minimum atomic E-state index is 0.213. The molecule has 1 aliphatic carbocycles. The Balaban J connectivity index is 1.71. The number of nitrogens with one attached hydrogen (secondary N) is 1. The number of aryl methyl sites for hydroxylation is 1. The van der Waals surface area contributed by atoms with Crippen molar-refractivity contribution < 1.29 is 0 Å². The molecule has 0 spiro atoms. The molecule has 2 aromatic rings. The van der Waals surface area contributed by atoms with Crippen LogP contribution in [0.2, 0.25) is 0 Å². The van der Waals surface area contributed by atoms with Gasteiger partial charge in [-0.25, -0.2) is 9.97 Å². The quantitative estimate of drug-likeness (QED) is 0.890. The van der Waals surface area contributed by atoms with Crippen molar-refractivity contribution >= 4 is 5.82 Å². The van der Waals surface area contributed by atoms with E-state index in [4.69, 9.17) is 0 Å². The van der Waals surface area contributed by atoms with Gasteiger partial charge in [-0.05, 0) is 25.0 Å². The third-order valence-electron chi connectivity index (χ3n) is 3.57. The van der Waals surface area contributed by atoms with Crippen LogP contribution in [-0.2, 0) is 19.0 Å². The summed E-state index contributed by atoms with van der Waals surface area (Å²) >= 11 is 0. The van der Waals surface area contributed by atoms with Crippen LogP contribution in [0, 0.1) is 0 Å². The van der Waals surface area contributed by atoms with Crippen molar-refractivity contribution in [3.63, 3.8) is 0 Å². The Kier molecular flexibility index (Phi) is 2.54. The first-order chi connectivity index (χ1) is 8.67. The monoisotopic (exact) mass is 243 g/mol. The molecule has 5 nitrogen and oxygen atoms in total. The second kappa shape index (κ2) is 4.08. The lowest BCUT2D eigenvalue weighted by atomic mass is 10.1. The zero-order valence-corrected chi connectivity index (χ0v) is 10.7. The zero-order chi connectivity index (χ0) is 12.6. The van der Waals surface area contributed by atoms with Crippen LogP contribution in [0.1, 0.15) is 31.3 Å². The second-order valence-corrected chi connectivity index (χ2v) is 5.13. The van der Waals surface area contributed by atoms with Crippen molar-refractivity contribution in [1.29, 1.82) is 0 Å². The van der Waals surface area contributed by atoms with Crippen molar-refractivity contribution in [3.05, 3.63) is 36.0 Å². The van der Waals surface area contributed by atoms with Gasteiger partial charge in [-0.15, -0.1) is 0 Å². The Morgan fingerprint density at radius 1 is 1.33 bits per heavy atom. The molecular formula is C13H17N5. The fourth-order valence-electron chi connectivity index (χ4n) is 1.91. The molecule has 1 N–H and O–H groups in total. The topological polar surface area (TPSA) is 55.6 Å². The highest BCUT2D eigenvalue weighted by Crippen LogP contribution is 2.45. The van der Waals surface area contributed by atoms with Crippen LogP contribution in [0.4, 0.5) is 5.82 Å². The third-order valence-corrected chi connectivity index (χ3v) is 3.57. The van der Waals surface area contributed by atoms with Crippen LogP contribution in [0.3, 0.4) is 0 Å². The zero-order valence-electron chi connectivity index (χ0n) is 10.7. The summed E-state index contributed by atoms with van der Waals surface area (Å²) in [5.41, 5.74) is 1.34. The SMILES string of the molecule is Cn1nccc1CNc1ccnc(C2(C)CC2)n1. The molecule has 1 aliphatic rings. The van der Waals surface area contributed by atoms with Gasteiger partial charge in [-0.3, -0.25) is 4.68 Å². The number of hydrogen-bond acceptors (Lipinski definition) is 4. The Morgan fingerprint density at radius 2 is 2.17 bits per heavy atom. The molecule has 1 saturated carbocycles. The number of aromatic nitrogens is 4. The molecule has 0 saturated heterocycles. The predicted octanol–water partition coefficient (Wildman–Crippen LogP) is 1.87. The molecule has 0 radical (unpaired) electrons. The first kappa shape index (κ1) is 11.2. The molecule has 0 aliphatic heterocycles. The molecule has 0 unspecified atom stereocenters. The maximum absolute atomic E-state index is 4.58. The van der Waals surface area contributed by atoms with E-state index in [0.717, 1.165) is 23.9 Å². The average molecular weight is 243 g/mol. The van der Waals surface area contributed by atoms with Crippen molar-refractivity contribution in [2.24, 2.45) is 7.05 Å². The van der Waals surface area contributed by atoms with Gasteiger partial charge in [0.05, 0.1) is 12.2 Å². The predicted molar refractivity (Wildman–Crippen MR) is 69.2 cm³/mol. The molecule has 0 amide bonds. The minimum absolute atomic E-state index is 0.213. The Morgan fingerprint density at radius 3 is 2.83 bits per heavy atom. The van der Waals surface area contributed by atoms with Crippen LogP contribution in [0.5, 0.6) is 0 Å². The lowest BCUT2D eigenvalue weighted by Crippen LogP contribution is -2.11. The summed E-state index contributed by atoms with van der Waals surface area (Å²) < 4.78 is 1.86. The molecule has 3 rings (SSSR count). The molecule has 0 aromatic carbocycles. The van der Waals surface area contributed by atoms with Crippen molar-refractivity contribution in [1.82, 2.24) is 19.7 Å². The third kappa shape index (κ3) is 2.08. The van der Waals surface area contributed by atoms with E-state index >= 15 is 0 Å². The Labute approximate surface area is 106 Å². The van der Waals surface area contributed by atoms with Crippen LogP contribution in [-0.4, -0.2) is 19.7 Å². The lowest BCUT2D eigenvalue weighted by Gasteiger charge is -2.10. The average Bonchev–Trinajstić information content (AvgIpc) is 3.00. The van der Waals surface area contributed by atoms with Crippen LogP contribution in [0.25, 0.3) is 0 Å². The first-order valence-corrected chi connectivity index (χ1v) is 6.22. The number of nitrogens with zero attached hydrogens (tertiary/aromatic N) is 4. The van der Waals surface area contributed by atoms with Gasteiger partial charge in [0, 0.05) is 24.9 Å². The summed E-state index contributed by atoms with van der Waals surface area (Å²) in [6, 6.07) is 3.91. The van der Waals surface area contributed by atoms with E-state index in [-0.39, 0.29) is 5.41 Å². The standard InChI is InChI=1S/C13H17N5/c1-13(5-6-13)12-14-7-4-11(17-12)15-9-10-3-8-16-18(10)2/h3-4,7-8H,5-6,9H2,1-2H3,(H,14,15,17). The number of hydrogen-bond donors (Lipinski definition) is 1. The summed E-state index contributed by atoms with van der Waals surface area (Å²) in [7, 11) is 1.94. The van der Waals surface area contributed by atoms with E-state index < -0.39 is 0 Å². The van der Waals surface area contributed by atoms with E-state index in [0.29, 0.717) is 0 Å². The molecule has 5 heteroatoms. The Bertz CT molecular complexity index is 556. The lowest BCUT2D eigenvalue weighted by molar-refractivity contribution is 0.704. The molecule has 0 atom stereocenters. The molecule has 1 fully saturated rings. The van der Waals surface area contributed by atoms with E-state index in [1.807, 2.05) is 30.1 Å². The van der Waals surface area contributed by atoms with Crippen LogP contribution in [0.15, 0.2) is 24.5 Å². The summed E-state index contributed by atoms with van der Waals surface area (Å²) in [6.07, 6.45) is 6.02. The summed E-state index contributed by atoms with van der Waals surface area (Å²) in [5.74, 6) is 1.84. The fraction of sp³-hybridized carbons (Fsp3) is 0.462. The molecule has 18 heavy (non-hydrogen) atoms. The summed E-state index contributed by atoms with van der Waals surface area (Å²) in [6.45, 7) is 2.94. The van der Waals surface area contributed by atoms with Gasteiger partial charge < -0.3 is 5.32 Å². The Hall–Kier alpha value is -1.91. The molecule has 2 heterocycles. The summed E-state index contributed by atoms with van der Waals surface area (Å²) in [5, 5.41) is 7.46. The molecule has 94 valence electrons. The van der Waals surface area contributed by atoms with Gasteiger partial charge >= 0.3 is 0 Å². The van der Waals surface area contributed by atoms with Crippen molar-refractivity contribution in [2.45, 2.75) is 31.7 Å². The van der Waals surface area contributed by atoms with Gasteiger partial charge in [0.1, 0.15) is 11.6 Å².